The first-order chi connectivity index (χ1) is 15.1. The van der Waals surface area contributed by atoms with E-state index in [0.29, 0.717) is 5.69 Å². The van der Waals surface area contributed by atoms with Crippen LogP contribution in [0, 0.1) is 5.82 Å². The Hall–Kier alpha value is -3.58. The Balaban J connectivity index is 1.60. The van der Waals surface area contributed by atoms with Gasteiger partial charge < -0.3 is 14.6 Å². The second kappa shape index (κ2) is 9.49. The Bertz CT molecular complexity index is 1180. The van der Waals surface area contributed by atoms with Crippen LogP contribution in [0.3, 0.4) is 0 Å². The molecule has 0 saturated carbocycles. The molecule has 7 heteroatoms. The van der Waals surface area contributed by atoms with Crippen molar-refractivity contribution in [1.29, 1.82) is 0 Å². The third-order valence-corrected chi connectivity index (χ3v) is 5.58. The van der Waals surface area contributed by atoms with Gasteiger partial charge in [-0.25, -0.2) is 4.39 Å². The molecule has 0 unspecified atom stereocenters. The molecule has 0 aliphatic carbocycles. The Labute approximate surface area is 183 Å². The minimum atomic E-state index is -0.342. The minimum Gasteiger partial charge on any atom is -0.497 e. The topological polar surface area (TPSA) is 56.1 Å². The summed E-state index contributed by atoms with van der Waals surface area (Å²) in [5.41, 5.74) is 3.21. The number of nitrogens with one attached hydrogen (secondary N) is 1. The normalized spacial score (nSPS) is 10.6. The first kappa shape index (κ1) is 20.7. The summed E-state index contributed by atoms with van der Waals surface area (Å²) >= 11 is 1.41. The van der Waals surface area contributed by atoms with Crippen molar-refractivity contribution < 1.29 is 13.9 Å². The molecule has 0 radical (unpaired) electrons. The predicted molar refractivity (Wildman–Crippen MR) is 121 cm³/mol. The molecule has 2 heterocycles. The fraction of sp³-hybridized carbons (Fsp3) is 0.0833. The average molecular weight is 434 g/mol. The molecular formula is C24H20FN3O2S. The second-order valence-electron chi connectivity index (χ2n) is 6.65. The number of anilines is 1. The van der Waals surface area contributed by atoms with E-state index in [2.05, 4.69) is 14.9 Å². The summed E-state index contributed by atoms with van der Waals surface area (Å²) in [6.45, 7) is 0. The molecule has 0 aliphatic rings. The lowest BCUT2D eigenvalue weighted by Crippen LogP contribution is -2.14. The monoisotopic (exact) mass is 433 g/mol. The van der Waals surface area contributed by atoms with Crippen LogP contribution in [0.2, 0.25) is 0 Å². The van der Waals surface area contributed by atoms with E-state index in [4.69, 9.17) is 4.74 Å². The average Bonchev–Trinajstić information content (AvgIpc) is 3.24. The molecule has 5 nitrogen and oxygen atoms in total. The molecule has 0 saturated heterocycles. The van der Waals surface area contributed by atoms with Crippen LogP contribution in [0.1, 0.15) is 0 Å². The number of pyridine rings is 1. The lowest BCUT2D eigenvalue weighted by atomic mass is 10.2. The summed E-state index contributed by atoms with van der Waals surface area (Å²) in [7, 11) is 1.63. The van der Waals surface area contributed by atoms with Crippen LogP contribution in [-0.2, 0) is 4.79 Å². The van der Waals surface area contributed by atoms with Gasteiger partial charge in [0.1, 0.15) is 11.6 Å². The Morgan fingerprint density at radius 2 is 1.90 bits per heavy atom. The third kappa shape index (κ3) is 4.95. The standard InChI is InChI=1S/C24H20FN3O2S/c1-30-20-6-4-5-19(15-20)28-22(21-7-2-3-14-26-21)12-13-24(28)31-16-23(29)27-18-10-8-17(25)9-11-18/h2-15H,16H2,1H3,(H,27,29). The molecule has 1 amide bonds. The van der Waals surface area contributed by atoms with Crippen molar-refractivity contribution in [2.45, 2.75) is 5.03 Å². The van der Waals surface area contributed by atoms with Gasteiger partial charge in [0.25, 0.3) is 0 Å². The summed E-state index contributed by atoms with van der Waals surface area (Å²) in [4.78, 5) is 16.9. The number of methoxy groups -OCH3 is 1. The summed E-state index contributed by atoms with van der Waals surface area (Å²) in [6.07, 6.45) is 1.75. The highest BCUT2D eigenvalue weighted by molar-refractivity contribution is 7.99. The first-order valence-corrected chi connectivity index (χ1v) is 10.6. The predicted octanol–water partition coefficient (Wildman–Crippen LogP) is 5.42. The molecule has 4 aromatic rings. The van der Waals surface area contributed by atoms with Crippen molar-refractivity contribution in [2.24, 2.45) is 0 Å². The van der Waals surface area contributed by atoms with Crippen LogP contribution < -0.4 is 10.1 Å². The highest BCUT2D eigenvalue weighted by atomic mass is 32.2. The second-order valence-corrected chi connectivity index (χ2v) is 7.65. The van der Waals surface area contributed by atoms with Crippen LogP contribution in [0.15, 0.2) is 90.1 Å². The van der Waals surface area contributed by atoms with Gasteiger partial charge in [-0.1, -0.05) is 23.9 Å². The zero-order valence-electron chi connectivity index (χ0n) is 16.8. The van der Waals surface area contributed by atoms with E-state index < -0.39 is 0 Å². The molecule has 156 valence electrons. The minimum absolute atomic E-state index is 0.172. The van der Waals surface area contributed by atoms with E-state index in [1.807, 2.05) is 54.6 Å². The van der Waals surface area contributed by atoms with E-state index in [9.17, 15) is 9.18 Å². The third-order valence-electron chi connectivity index (χ3n) is 4.56. The molecule has 0 bridgehead atoms. The summed E-state index contributed by atoms with van der Waals surface area (Å²) < 4.78 is 20.5. The van der Waals surface area contributed by atoms with E-state index in [1.54, 1.807) is 13.3 Å². The maximum Gasteiger partial charge on any atom is 0.234 e. The van der Waals surface area contributed by atoms with Crippen molar-refractivity contribution in [2.75, 3.05) is 18.2 Å². The number of carbonyl (C=O) groups excluding carboxylic acids is 1. The molecule has 0 atom stereocenters. The highest BCUT2D eigenvalue weighted by Gasteiger charge is 2.15. The number of nitrogens with zero attached hydrogens (tertiary/aromatic N) is 2. The van der Waals surface area contributed by atoms with Gasteiger partial charge in [-0.05, 0) is 60.7 Å². The maximum atomic E-state index is 13.1. The largest absolute Gasteiger partial charge is 0.497 e. The fourth-order valence-electron chi connectivity index (χ4n) is 3.13. The Morgan fingerprint density at radius 3 is 2.65 bits per heavy atom. The number of aromatic nitrogens is 2. The van der Waals surface area contributed by atoms with Gasteiger partial charge in [-0.3, -0.25) is 9.78 Å². The van der Waals surface area contributed by atoms with Gasteiger partial charge >= 0.3 is 0 Å². The van der Waals surface area contributed by atoms with E-state index in [-0.39, 0.29) is 17.5 Å². The Morgan fingerprint density at radius 1 is 1.06 bits per heavy atom. The van der Waals surface area contributed by atoms with Crippen molar-refractivity contribution >= 4 is 23.4 Å². The SMILES string of the molecule is COc1cccc(-n2c(SCC(=O)Nc3ccc(F)cc3)ccc2-c2ccccn2)c1. The van der Waals surface area contributed by atoms with E-state index in [1.165, 1.54) is 36.0 Å². The fourth-order valence-corrected chi connectivity index (χ4v) is 3.98. The quantitative estimate of drug-likeness (QED) is 0.396. The maximum absolute atomic E-state index is 13.1. The van der Waals surface area contributed by atoms with Crippen LogP contribution >= 0.6 is 11.8 Å². The molecule has 4 rings (SSSR count). The van der Waals surface area contributed by atoms with E-state index in [0.717, 1.165) is 27.9 Å². The van der Waals surface area contributed by atoms with Crippen molar-refractivity contribution in [3.05, 3.63) is 90.9 Å². The molecule has 1 N–H and O–H groups in total. The molecule has 2 aromatic carbocycles. The van der Waals surface area contributed by atoms with Gasteiger partial charge in [0, 0.05) is 18.0 Å². The number of ether oxygens (including phenoxy) is 1. The number of thioether (sulfide) groups is 1. The number of carbonyl (C=O) groups is 1. The smallest absolute Gasteiger partial charge is 0.234 e. The van der Waals surface area contributed by atoms with Gasteiger partial charge in [0.15, 0.2) is 0 Å². The van der Waals surface area contributed by atoms with Crippen LogP contribution in [0.5, 0.6) is 5.75 Å². The number of halogens is 1. The van der Waals surface area contributed by atoms with Gasteiger partial charge in [0.05, 0.1) is 35.0 Å². The van der Waals surface area contributed by atoms with Crippen molar-refractivity contribution in [3.63, 3.8) is 0 Å². The first-order valence-electron chi connectivity index (χ1n) is 9.60. The number of hydrogen-bond acceptors (Lipinski definition) is 4. The zero-order valence-corrected chi connectivity index (χ0v) is 17.6. The summed E-state index contributed by atoms with van der Waals surface area (Å²) in [5.74, 6) is 0.426. The zero-order chi connectivity index (χ0) is 21.6. The van der Waals surface area contributed by atoms with Gasteiger partial charge in [-0.15, -0.1) is 0 Å². The Kier molecular flexibility index (Phi) is 6.33. The van der Waals surface area contributed by atoms with Gasteiger partial charge in [-0.2, -0.15) is 0 Å². The number of rotatable bonds is 7. The molecule has 0 fully saturated rings. The molecule has 2 aromatic heterocycles. The number of amides is 1. The summed E-state index contributed by atoms with van der Waals surface area (Å²) in [5, 5.41) is 3.68. The van der Waals surface area contributed by atoms with Crippen molar-refractivity contribution in [3.8, 4) is 22.8 Å². The van der Waals surface area contributed by atoms with E-state index >= 15 is 0 Å². The summed E-state index contributed by atoms with van der Waals surface area (Å²) in [6, 6.07) is 23.2. The number of benzene rings is 2. The number of hydrogen-bond donors (Lipinski definition) is 1. The molecule has 0 spiro atoms. The van der Waals surface area contributed by atoms with Gasteiger partial charge in [0.2, 0.25) is 5.91 Å². The molecular weight excluding hydrogens is 413 g/mol. The molecule has 31 heavy (non-hydrogen) atoms. The van der Waals surface area contributed by atoms with Crippen LogP contribution in [-0.4, -0.2) is 28.3 Å². The lowest BCUT2D eigenvalue weighted by Gasteiger charge is -2.14. The lowest BCUT2D eigenvalue weighted by molar-refractivity contribution is -0.113. The highest BCUT2D eigenvalue weighted by Crippen LogP contribution is 2.32. The van der Waals surface area contributed by atoms with Crippen LogP contribution in [0.4, 0.5) is 10.1 Å². The molecule has 0 aliphatic heterocycles. The van der Waals surface area contributed by atoms with Crippen LogP contribution in [0.25, 0.3) is 17.1 Å². The van der Waals surface area contributed by atoms with Crippen molar-refractivity contribution in [1.82, 2.24) is 9.55 Å².